The molecule has 5 rings (SSSR count). The van der Waals surface area contributed by atoms with Gasteiger partial charge < -0.3 is 19.4 Å². The summed E-state index contributed by atoms with van der Waals surface area (Å²) >= 11 is 0. The van der Waals surface area contributed by atoms with Gasteiger partial charge in [-0.2, -0.15) is 0 Å². The number of ether oxygens (including phenoxy) is 1. The van der Waals surface area contributed by atoms with Crippen molar-refractivity contribution in [2.24, 2.45) is 29.6 Å². The number of halogens is 3. The molecule has 5 saturated heterocycles. The maximum Gasteiger partial charge on any atom is 0.125 e. The van der Waals surface area contributed by atoms with E-state index in [1.165, 1.54) is 58.3 Å². The van der Waals surface area contributed by atoms with Gasteiger partial charge >= 0.3 is 0 Å². The van der Waals surface area contributed by atoms with Crippen LogP contribution >= 0.6 is 0 Å². The second-order valence-corrected chi connectivity index (χ2v) is 18.1. The average molecular weight is 734 g/mol. The lowest BCUT2D eigenvalue weighted by atomic mass is 10.1. The number of methoxy groups -OCH3 is 1. The number of nitrogens with zero attached hydrogens (tertiary/aromatic N) is 5. The van der Waals surface area contributed by atoms with Crippen molar-refractivity contribution in [1.29, 1.82) is 0 Å². The van der Waals surface area contributed by atoms with Crippen LogP contribution in [0.15, 0.2) is 0 Å². The van der Waals surface area contributed by atoms with Gasteiger partial charge in [-0.1, -0.05) is 69.2 Å². The molecular weight excluding hydrogens is 647 g/mol. The molecule has 0 spiro atoms. The molecule has 306 valence electrons. The highest BCUT2D eigenvalue weighted by Gasteiger charge is 2.26. The number of rotatable bonds is 15. The fourth-order valence-electron chi connectivity index (χ4n) is 6.37. The van der Waals surface area contributed by atoms with E-state index in [2.05, 4.69) is 93.7 Å². The highest BCUT2D eigenvalue weighted by molar-refractivity contribution is 4.80. The van der Waals surface area contributed by atoms with E-state index in [0.717, 1.165) is 82.3 Å². The Kier molecular flexibility index (Phi) is 26.7. The molecule has 5 fully saturated rings. The van der Waals surface area contributed by atoms with E-state index in [9.17, 15) is 13.2 Å². The molecule has 0 aromatic carbocycles. The Labute approximate surface area is 315 Å². The quantitative estimate of drug-likeness (QED) is 0.167. The molecule has 0 amide bonds. The van der Waals surface area contributed by atoms with E-state index in [4.69, 9.17) is 4.74 Å². The summed E-state index contributed by atoms with van der Waals surface area (Å²) in [4.78, 5) is 11.6. The van der Waals surface area contributed by atoms with E-state index in [1.54, 1.807) is 7.11 Å². The fourth-order valence-corrected chi connectivity index (χ4v) is 6.37. The largest absolute Gasteiger partial charge is 0.379 e. The summed E-state index contributed by atoms with van der Waals surface area (Å²) in [7, 11) is 1.80. The standard InChI is InChI=1S/C9H18FN.C9H19NO.2C8H16FN.C8H17N/c1-8(2)3-5-11-6-4-9(10)7-11;1-8(2)4-5-10-6-9(7-10)11-3;1-7(2)5-10-4-3-8(9)6-10;1-7(2)3-4-10-5-8(9)6-10;1-8(2)4-7-9-5-3-6-9/h8-9H,3-7H2,1-2H3;8-9H,4-7H2,1-3H3;2*7-8H,3-6H2,1-2H3;8H,3-7H2,1-2H3. The molecule has 0 aromatic rings. The van der Waals surface area contributed by atoms with Gasteiger partial charge in [0.05, 0.1) is 6.10 Å². The van der Waals surface area contributed by atoms with Crippen molar-refractivity contribution in [2.45, 2.75) is 139 Å². The molecule has 0 aromatic heterocycles. The van der Waals surface area contributed by atoms with Gasteiger partial charge in [-0.3, -0.25) is 9.80 Å². The zero-order chi connectivity index (χ0) is 38.3. The zero-order valence-corrected chi connectivity index (χ0v) is 35.5. The molecule has 0 aliphatic carbocycles. The van der Waals surface area contributed by atoms with Gasteiger partial charge in [-0.05, 0) is 114 Å². The van der Waals surface area contributed by atoms with Crippen molar-refractivity contribution >= 4 is 0 Å². The van der Waals surface area contributed by atoms with Gasteiger partial charge in [0.15, 0.2) is 0 Å². The number of likely N-dealkylation sites (tertiary alicyclic amines) is 5. The molecule has 2 unspecified atom stereocenters. The summed E-state index contributed by atoms with van der Waals surface area (Å²) in [6.45, 7) is 37.7. The molecule has 5 aliphatic heterocycles. The Morgan fingerprint density at radius 1 is 0.451 bits per heavy atom. The number of hydrogen-bond donors (Lipinski definition) is 0. The van der Waals surface area contributed by atoms with Gasteiger partial charge in [-0.25, -0.2) is 13.2 Å². The van der Waals surface area contributed by atoms with Crippen LogP contribution < -0.4 is 0 Å². The minimum absolute atomic E-state index is 0.516. The molecule has 51 heavy (non-hydrogen) atoms. The third-order valence-electron chi connectivity index (χ3n) is 10.3. The Bertz CT molecular complexity index is 803. The molecule has 2 atom stereocenters. The van der Waals surface area contributed by atoms with Crippen LogP contribution in [0.25, 0.3) is 0 Å². The van der Waals surface area contributed by atoms with Crippen LogP contribution in [0, 0.1) is 29.6 Å². The molecule has 5 heterocycles. The van der Waals surface area contributed by atoms with Crippen LogP contribution in [0.1, 0.15) is 114 Å². The molecule has 0 saturated carbocycles. The number of alkyl halides is 3. The second-order valence-electron chi connectivity index (χ2n) is 18.1. The van der Waals surface area contributed by atoms with Gasteiger partial charge in [-0.15, -0.1) is 0 Å². The first-order valence-corrected chi connectivity index (χ1v) is 21.1. The third-order valence-corrected chi connectivity index (χ3v) is 10.3. The number of hydrogen-bond acceptors (Lipinski definition) is 6. The SMILES string of the molecule is CC(C)CCN1CC(F)C1.CC(C)CCN1CCC(F)C1.CC(C)CCN1CCC1.CC(C)CN1CCC(F)C1.COC1CN(CCC(C)C)C1. The van der Waals surface area contributed by atoms with Crippen molar-refractivity contribution in [1.82, 2.24) is 24.5 Å². The van der Waals surface area contributed by atoms with Crippen molar-refractivity contribution in [3.63, 3.8) is 0 Å². The summed E-state index contributed by atoms with van der Waals surface area (Å²) in [5.74, 6) is 3.87. The maximum atomic E-state index is 12.7. The predicted octanol–water partition coefficient (Wildman–Crippen LogP) is 8.55. The topological polar surface area (TPSA) is 25.4 Å². The Morgan fingerprint density at radius 2 is 0.824 bits per heavy atom. The molecule has 0 radical (unpaired) electrons. The Balaban J connectivity index is 0.000000319. The van der Waals surface area contributed by atoms with Crippen LogP contribution in [0.4, 0.5) is 13.2 Å². The lowest BCUT2D eigenvalue weighted by molar-refractivity contribution is -0.0306. The lowest BCUT2D eigenvalue weighted by Gasteiger charge is -2.38. The van der Waals surface area contributed by atoms with Gasteiger partial charge in [0.25, 0.3) is 0 Å². The minimum Gasteiger partial charge on any atom is -0.379 e. The fraction of sp³-hybridized carbons (Fsp3) is 1.00. The van der Waals surface area contributed by atoms with E-state index in [-0.39, 0.29) is 0 Å². The lowest BCUT2D eigenvalue weighted by Crippen LogP contribution is -2.51. The predicted molar refractivity (Wildman–Crippen MR) is 214 cm³/mol. The van der Waals surface area contributed by atoms with Crippen molar-refractivity contribution in [2.75, 3.05) is 105 Å². The molecule has 9 heteroatoms. The van der Waals surface area contributed by atoms with Crippen LogP contribution in [0.2, 0.25) is 0 Å². The minimum atomic E-state index is -0.557. The monoisotopic (exact) mass is 734 g/mol. The van der Waals surface area contributed by atoms with Crippen LogP contribution in [0.5, 0.6) is 0 Å². The third kappa shape index (κ3) is 26.1. The van der Waals surface area contributed by atoms with Gasteiger partial charge in [0.1, 0.15) is 18.5 Å². The van der Waals surface area contributed by atoms with Gasteiger partial charge in [0.2, 0.25) is 0 Å². The first-order chi connectivity index (χ1) is 24.1. The van der Waals surface area contributed by atoms with Crippen molar-refractivity contribution in [3.05, 3.63) is 0 Å². The maximum absolute atomic E-state index is 12.7. The zero-order valence-electron chi connectivity index (χ0n) is 35.5. The van der Waals surface area contributed by atoms with E-state index >= 15 is 0 Å². The van der Waals surface area contributed by atoms with Crippen molar-refractivity contribution < 1.29 is 17.9 Å². The average Bonchev–Trinajstić information content (AvgIpc) is 3.59. The summed E-state index contributed by atoms with van der Waals surface area (Å²) in [5, 5.41) is 0. The summed E-state index contributed by atoms with van der Waals surface area (Å²) in [5.41, 5.74) is 0. The first kappa shape index (κ1) is 48.6. The molecule has 6 nitrogen and oxygen atoms in total. The second kappa shape index (κ2) is 28.0. The smallest absolute Gasteiger partial charge is 0.125 e. The summed E-state index contributed by atoms with van der Waals surface area (Å²) < 4.78 is 42.7. The Hall–Kier alpha value is -0.450. The highest BCUT2D eigenvalue weighted by Crippen LogP contribution is 2.16. The van der Waals surface area contributed by atoms with E-state index in [1.807, 2.05) is 0 Å². The van der Waals surface area contributed by atoms with Crippen LogP contribution in [-0.4, -0.2) is 154 Å². The van der Waals surface area contributed by atoms with Crippen molar-refractivity contribution in [3.8, 4) is 0 Å². The van der Waals surface area contributed by atoms with E-state index < -0.39 is 18.5 Å². The molecule has 0 N–H and O–H groups in total. The van der Waals surface area contributed by atoms with E-state index in [0.29, 0.717) is 38.2 Å². The highest BCUT2D eigenvalue weighted by atomic mass is 19.1. The molecule has 0 bridgehead atoms. The normalized spacial score (nSPS) is 23.6. The molecular formula is C42H86F3N5O. The van der Waals surface area contributed by atoms with Crippen LogP contribution in [-0.2, 0) is 4.74 Å². The van der Waals surface area contributed by atoms with Gasteiger partial charge in [0, 0.05) is 66.0 Å². The summed E-state index contributed by atoms with van der Waals surface area (Å²) in [6.07, 6.45) is 6.88. The Morgan fingerprint density at radius 3 is 1.14 bits per heavy atom. The molecule has 5 aliphatic rings. The summed E-state index contributed by atoms with van der Waals surface area (Å²) in [6, 6.07) is 0. The van der Waals surface area contributed by atoms with Crippen LogP contribution in [0.3, 0.4) is 0 Å². The first-order valence-electron chi connectivity index (χ1n) is 21.1.